The van der Waals surface area contributed by atoms with Gasteiger partial charge in [0.1, 0.15) is 6.20 Å². The summed E-state index contributed by atoms with van der Waals surface area (Å²) in [6, 6.07) is 0. The van der Waals surface area contributed by atoms with Crippen molar-refractivity contribution in [1.29, 1.82) is 0 Å². The molecule has 0 amide bonds. The lowest BCUT2D eigenvalue weighted by atomic mass is 10.3. The zero-order valence-electron chi connectivity index (χ0n) is 9.66. The van der Waals surface area contributed by atoms with Crippen LogP contribution in [-0.2, 0) is 16.1 Å². The van der Waals surface area contributed by atoms with Gasteiger partial charge in [-0.05, 0) is 6.92 Å². The van der Waals surface area contributed by atoms with E-state index in [1.165, 1.54) is 0 Å². The zero-order chi connectivity index (χ0) is 13.7. The summed E-state index contributed by atoms with van der Waals surface area (Å²) in [6.07, 6.45) is 1.85. The summed E-state index contributed by atoms with van der Waals surface area (Å²) in [7, 11) is 0. The summed E-state index contributed by atoms with van der Waals surface area (Å²) < 4.78 is 5.61. The van der Waals surface area contributed by atoms with Crippen molar-refractivity contribution in [2.24, 2.45) is 0 Å². The van der Waals surface area contributed by atoms with Crippen molar-refractivity contribution < 1.29 is 14.5 Å². The van der Waals surface area contributed by atoms with E-state index in [9.17, 15) is 19.7 Å². The first-order chi connectivity index (χ1) is 8.45. The van der Waals surface area contributed by atoms with E-state index in [2.05, 4.69) is 16.3 Å². The van der Waals surface area contributed by atoms with Gasteiger partial charge in [0.2, 0.25) is 0 Å². The van der Waals surface area contributed by atoms with E-state index in [1.54, 1.807) is 6.92 Å². The van der Waals surface area contributed by atoms with Gasteiger partial charge in [0, 0.05) is 5.57 Å². The molecule has 1 heterocycles. The molecule has 0 N–H and O–H groups in total. The van der Waals surface area contributed by atoms with Gasteiger partial charge in [0.15, 0.2) is 0 Å². The van der Waals surface area contributed by atoms with Gasteiger partial charge in [0.05, 0.1) is 24.3 Å². The first kappa shape index (κ1) is 13.6. The highest BCUT2D eigenvalue weighted by Gasteiger charge is 2.13. The molecular formula is C10H11N3O5. The largest absolute Gasteiger partial charge is 0.463 e. The van der Waals surface area contributed by atoms with Crippen molar-refractivity contribution in [3.8, 4) is 0 Å². The van der Waals surface area contributed by atoms with Crippen LogP contribution < -0.4 is 5.69 Å². The fourth-order valence-corrected chi connectivity index (χ4v) is 1.15. The molecule has 8 nitrogen and oxygen atoms in total. The van der Waals surface area contributed by atoms with Crippen LogP contribution >= 0.6 is 0 Å². The lowest BCUT2D eigenvalue weighted by Crippen LogP contribution is -2.25. The molecule has 96 valence electrons. The maximum absolute atomic E-state index is 11.3. The summed E-state index contributed by atoms with van der Waals surface area (Å²) in [5.74, 6) is -0.657. The molecule has 0 radical (unpaired) electrons. The quantitative estimate of drug-likeness (QED) is 0.323. The van der Waals surface area contributed by atoms with E-state index >= 15 is 0 Å². The molecule has 1 aromatic heterocycles. The summed E-state index contributed by atoms with van der Waals surface area (Å²) in [4.78, 5) is 35.8. The number of rotatable bonds is 5. The van der Waals surface area contributed by atoms with Gasteiger partial charge < -0.3 is 4.74 Å². The Hall–Kier alpha value is -2.51. The normalized spacial score (nSPS) is 9.83. The summed E-state index contributed by atoms with van der Waals surface area (Å²) in [5.41, 5.74) is -1.03. The SMILES string of the molecule is C=C(Cn1cc([N+](=O)[O-])cnc1=O)C(=O)OCC. The molecule has 0 bridgehead atoms. The molecule has 0 fully saturated rings. The Morgan fingerprint density at radius 1 is 1.67 bits per heavy atom. The predicted molar refractivity (Wildman–Crippen MR) is 60.9 cm³/mol. The third-order valence-corrected chi connectivity index (χ3v) is 1.98. The lowest BCUT2D eigenvalue weighted by Gasteiger charge is -2.06. The molecular weight excluding hydrogens is 242 g/mol. The van der Waals surface area contributed by atoms with Gasteiger partial charge >= 0.3 is 17.3 Å². The standard InChI is InChI=1S/C10H11N3O5/c1-3-18-9(14)7(2)5-12-6-8(13(16)17)4-11-10(12)15/h4,6H,2-3,5H2,1H3. The van der Waals surface area contributed by atoms with Crippen molar-refractivity contribution in [2.45, 2.75) is 13.5 Å². The summed E-state index contributed by atoms with van der Waals surface area (Å²) >= 11 is 0. The zero-order valence-corrected chi connectivity index (χ0v) is 9.66. The van der Waals surface area contributed by atoms with Crippen molar-refractivity contribution in [3.05, 3.63) is 45.1 Å². The Balaban J connectivity index is 2.93. The maximum Gasteiger partial charge on any atom is 0.348 e. The summed E-state index contributed by atoms with van der Waals surface area (Å²) in [5, 5.41) is 10.5. The number of nitro groups is 1. The number of carbonyl (C=O) groups is 1. The van der Waals surface area contributed by atoms with Crippen LogP contribution in [0.1, 0.15) is 6.92 Å². The van der Waals surface area contributed by atoms with Crippen molar-refractivity contribution >= 4 is 11.7 Å². The van der Waals surface area contributed by atoms with Crippen LogP contribution in [0.4, 0.5) is 5.69 Å². The second kappa shape index (κ2) is 5.71. The van der Waals surface area contributed by atoms with Crippen LogP contribution in [0.3, 0.4) is 0 Å². The second-order valence-electron chi connectivity index (χ2n) is 3.30. The van der Waals surface area contributed by atoms with E-state index < -0.39 is 16.6 Å². The number of esters is 1. The number of ether oxygens (including phenoxy) is 1. The van der Waals surface area contributed by atoms with E-state index in [0.29, 0.717) is 0 Å². The fourth-order valence-electron chi connectivity index (χ4n) is 1.15. The van der Waals surface area contributed by atoms with E-state index in [1.807, 2.05) is 0 Å². The van der Waals surface area contributed by atoms with Gasteiger partial charge in [-0.25, -0.2) is 9.59 Å². The van der Waals surface area contributed by atoms with E-state index in [4.69, 9.17) is 0 Å². The third-order valence-electron chi connectivity index (χ3n) is 1.98. The first-order valence-electron chi connectivity index (χ1n) is 5.01. The number of aromatic nitrogens is 2. The smallest absolute Gasteiger partial charge is 0.348 e. The minimum atomic E-state index is -0.703. The summed E-state index contributed by atoms with van der Waals surface area (Å²) in [6.45, 7) is 5.06. The van der Waals surface area contributed by atoms with Gasteiger partial charge in [0.25, 0.3) is 0 Å². The maximum atomic E-state index is 11.3. The van der Waals surface area contributed by atoms with Crippen LogP contribution in [-0.4, -0.2) is 27.1 Å². The third kappa shape index (κ3) is 3.24. The average Bonchev–Trinajstić information content (AvgIpc) is 2.31. The molecule has 0 saturated carbocycles. The van der Waals surface area contributed by atoms with E-state index in [-0.39, 0.29) is 24.4 Å². The monoisotopic (exact) mass is 253 g/mol. The van der Waals surface area contributed by atoms with Gasteiger partial charge in [-0.3, -0.25) is 14.7 Å². The highest BCUT2D eigenvalue weighted by Crippen LogP contribution is 2.06. The highest BCUT2D eigenvalue weighted by molar-refractivity contribution is 5.87. The Morgan fingerprint density at radius 2 is 2.33 bits per heavy atom. The molecule has 0 aliphatic rings. The molecule has 0 spiro atoms. The highest BCUT2D eigenvalue weighted by atomic mass is 16.6. The number of hydrogen-bond donors (Lipinski definition) is 0. The van der Waals surface area contributed by atoms with Gasteiger partial charge in [-0.15, -0.1) is 0 Å². The van der Waals surface area contributed by atoms with Crippen LogP contribution in [0.5, 0.6) is 0 Å². The molecule has 1 rings (SSSR count). The predicted octanol–water partition coefficient (Wildman–Crippen LogP) is 0.271. The topological polar surface area (TPSA) is 104 Å². The van der Waals surface area contributed by atoms with E-state index in [0.717, 1.165) is 17.0 Å². The van der Waals surface area contributed by atoms with Crippen LogP contribution in [0, 0.1) is 10.1 Å². The minimum absolute atomic E-state index is 0.0150. The molecule has 0 unspecified atom stereocenters. The minimum Gasteiger partial charge on any atom is -0.463 e. The Kier molecular flexibility index (Phi) is 4.30. The van der Waals surface area contributed by atoms with Crippen LogP contribution in [0.25, 0.3) is 0 Å². The fraction of sp³-hybridized carbons (Fsp3) is 0.300. The molecule has 18 heavy (non-hydrogen) atoms. The van der Waals surface area contributed by atoms with Gasteiger partial charge in [-0.1, -0.05) is 6.58 Å². The molecule has 1 aromatic rings. The van der Waals surface area contributed by atoms with Crippen molar-refractivity contribution in [3.63, 3.8) is 0 Å². The molecule has 0 aliphatic carbocycles. The first-order valence-corrected chi connectivity index (χ1v) is 5.01. The van der Waals surface area contributed by atoms with Crippen LogP contribution in [0.15, 0.2) is 29.3 Å². The number of carbonyl (C=O) groups excluding carboxylic acids is 1. The lowest BCUT2D eigenvalue weighted by molar-refractivity contribution is -0.385. The molecule has 0 atom stereocenters. The number of hydrogen-bond acceptors (Lipinski definition) is 6. The molecule has 0 saturated heterocycles. The molecule has 0 aromatic carbocycles. The Labute approximate surface area is 102 Å². The molecule has 0 aliphatic heterocycles. The average molecular weight is 253 g/mol. The Bertz CT molecular complexity index is 549. The second-order valence-corrected chi connectivity index (χ2v) is 3.30. The van der Waals surface area contributed by atoms with Crippen LogP contribution in [0.2, 0.25) is 0 Å². The Morgan fingerprint density at radius 3 is 2.89 bits per heavy atom. The number of nitrogens with zero attached hydrogens (tertiary/aromatic N) is 3. The van der Waals surface area contributed by atoms with Gasteiger partial charge in [-0.2, -0.15) is 4.98 Å². The van der Waals surface area contributed by atoms with Crippen molar-refractivity contribution in [1.82, 2.24) is 9.55 Å². The van der Waals surface area contributed by atoms with Crippen molar-refractivity contribution in [2.75, 3.05) is 6.61 Å². The molecule has 8 heteroatoms.